The number of pyridine rings is 1. The van der Waals surface area contributed by atoms with Gasteiger partial charge in [-0.15, -0.1) is 0 Å². The molecule has 0 atom stereocenters. The summed E-state index contributed by atoms with van der Waals surface area (Å²) in [6.45, 7) is 8.61. The number of nitrogens with zero attached hydrogens (tertiary/aromatic N) is 4. The van der Waals surface area contributed by atoms with Gasteiger partial charge in [0, 0.05) is 29.8 Å². The summed E-state index contributed by atoms with van der Waals surface area (Å²) in [7, 11) is 1.65. The van der Waals surface area contributed by atoms with E-state index in [1.165, 1.54) is 0 Å². The van der Waals surface area contributed by atoms with Crippen LogP contribution in [-0.4, -0.2) is 46.3 Å². The zero-order valence-corrected chi connectivity index (χ0v) is 14.2. The first-order valence-electron chi connectivity index (χ1n) is 8.17. The molecule has 0 unspecified atom stereocenters. The van der Waals surface area contributed by atoms with Crippen LogP contribution in [0.25, 0.3) is 11.6 Å². The van der Waals surface area contributed by atoms with E-state index in [-0.39, 0.29) is 0 Å². The minimum atomic E-state index is 0.370. The molecule has 6 nitrogen and oxygen atoms in total. The minimum Gasteiger partial charge on any atom is -0.496 e. The molecule has 0 saturated carbocycles. The van der Waals surface area contributed by atoms with E-state index in [0.717, 1.165) is 43.1 Å². The summed E-state index contributed by atoms with van der Waals surface area (Å²) < 4.78 is 10.8. The van der Waals surface area contributed by atoms with Crippen molar-refractivity contribution in [1.29, 1.82) is 0 Å². The molecule has 0 aliphatic carbocycles. The van der Waals surface area contributed by atoms with Crippen molar-refractivity contribution in [3.63, 3.8) is 0 Å². The Morgan fingerprint density at radius 1 is 1.30 bits per heavy atom. The van der Waals surface area contributed by atoms with Crippen molar-refractivity contribution in [1.82, 2.24) is 20.0 Å². The SMILES string of the molecule is COc1cc(-c2nc(C3CCN(C(C)C)CC3)no2)ncc1C. The van der Waals surface area contributed by atoms with Gasteiger partial charge in [-0.2, -0.15) is 4.98 Å². The van der Waals surface area contributed by atoms with Crippen molar-refractivity contribution in [3.05, 3.63) is 23.7 Å². The molecule has 124 valence electrons. The highest BCUT2D eigenvalue weighted by molar-refractivity contribution is 5.51. The Kier molecular flexibility index (Phi) is 4.61. The highest BCUT2D eigenvalue weighted by Crippen LogP contribution is 2.29. The van der Waals surface area contributed by atoms with Crippen LogP contribution >= 0.6 is 0 Å². The van der Waals surface area contributed by atoms with E-state index in [1.807, 2.05) is 13.0 Å². The maximum absolute atomic E-state index is 5.42. The highest BCUT2D eigenvalue weighted by atomic mass is 16.5. The zero-order chi connectivity index (χ0) is 16.4. The number of ether oxygens (including phenoxy) is 1. The fourth-order valence-electron chi connectivity index (χ4n) is 3.02. The molecule has 1 fully saturated rings. The number of likely N-dealkylation sites (tertiary alicyclic amines) is 1. The number of hydrogen-bond donors (Lipinski definition) is 0. The first-order valence-corrected chi connectivity index (χ1v) is 8.17. The molecule has 2 aromatic heterocycles. The lowest BCUT2D eigenvalue weighted by Gasteiger charge is -2.33. The predicted octanol–water partition coefficient (Wildman–Crippen LogP) is 3.04. The summed E-state index contributed by atoms with van der Waals surface area (Å²) in [5.74, 6) is 2.41. The Morgan fingerprint density at radius 3 is 2.70 bits per heavy atom. The van der Waals surface area contributed by atoms with E-state index < -0.39 is 0 Å². The molecule has 1 aliphatic rings. The minimum absolute atomic E-state index is 0.370. The Bertz CT molecular complexity index is 660. The van der Waals surface area contributed by atoms with Crippen molar-refractivity contribution in [2.75, 3.05) is 20.2 Å². The summed E-state index contributed by atoms with van der Waals surface area (Å²) in [5.41, 5.74) is 1.64. The molecule has 2 aromatic rings. The summed E-state index contributed by atoms with van der Waals surface area (Å²) in [6, 6.07) is 2.44. The van der Waals surface area contributed by atoms with Gasteiger partial charge in [0.1, 0.15) is 11.4 Å². The van der Waals surface area contributed by atoms with Gasteiger partial charge in [0.15, 0.2) is 5.82 Å². The molecule has 0 radical (unpaired) electrons. The monoisotopic (exact) mass is 316 g/mol. The molecular weight excluding hydrogens is 292 g/mol. The summed E-state index contributed by atoms with van der Waals surface area (Å²) in [5, 5.41) is 4.18. The van der Waals surface area contributed by atoms with Crippen LogP contribution in [0.5, 0.6) is 5.75 Å². The van der Waals surface area contributed by atoms with Gasteiger partial charge in [-0.05, 0) is 46.7 Å². The van der Waals surface area contributed by atoms with Gasteiger partial charge in [0.2, 0.25) is 0 Å². The number of aromatic nitrogens is 3. The number of methoxy groups -OCH3 is 1. The second-order valence-electron chi connectivity index (χ2n) is 6.40. The zero-order valence-electron chi connectivity index (χ0n) is 14.2. The van der Waals surface area contributed by atoms with Crippen molar-refractivity contribution < 1.29 is 9.26 Å². The molecule has 6 heteroatoms. The number of piperidine rings is 1. The lowest BCUT2D eigenvalue weighted by atomic mass is 9.95. The van der Waals surface area contributed by atoms with E-state index in [0.29, 0.717) is 23.5 Å². The second-order valence-corrected chi connectivity index (χ2v) is 6.40. The number of aryl methyl sites for hydroxylation is 1. The summed E-state index contributed by atoms with van der Waals surface area (Å²) in [6.07, 6.45) is 3.91. The van der Waals surface area contributed by atoms with E-state index in [2.05, 4.69) is 33.9 Å². The van der Waals surface area contributed by atoms with Gasteiger partial charge in [0.25, 0.3) is 5.89 Å². The third kappa shape index (κ3) is 3.37. The molecule has 3 rings (SSSR count). The normalized spacial score (nSPS) is 16.9. The molecule has 0 amide bonds. The second kappa shape index (κ2) is 6.66. The Morgan fingerprint density at radius 2 is 2.04 bits per heavy atom. The Labute approximate surface area is 136 Å². The van der Waals surface area contributed by atoms with E-state index in [9.17, 15) is 0 Å². The van der Waals surface area contributed by atoms with Gasteiger partial charge in [-0.1, -0.05) is 5.16 Å². The number of hydrogen-bond acceptors (Lipinski definition) is 6. The van der Waals surface area contributed by atoms with Crippen molar-refractivity contribution in [3.8, 4) is 17.3 Å². The average Bonchev–Trinajstić information content (AvgIpc) is 3.05. The smallest absolute Gasteiger partial charge is 0.276 e. The summed E-state index contributed by atoms with van der Waals surface area (Å²) in [4.78, 5) is 11.4. The van der Waals surface area contributed by atoms with Crippen molar-refractivity contribution >= 4 is 0 Å². The Hall–Kier alpha value is -1.95. The van der Waals surface area contributed by atoms with Crippen LogP contribution in [0.4, 0.5) is 0 Å². The standard InChI is InChI=1S/C17H24N4O2/c1-11(2)21-7-5-13(6-8-21)16-19-17(23-20-16)14-9-15(22-4)12(3)10-18-14/h9-11,13H,5-8H2,1-4H3. The summed E-state index contributed by atoms with van der Waals surface area (Å²) >= 11 is 0. The molecule has 1 saturated heterocycles. The predicted molar refractivity (Wildman–Crippen MR) is 87.5 cm³/mol. The van der Waals surface area contributed by atoms with Crippen LogP contribution in [0.1, 0.15) is 44.0 Å². The molecule has 0 bridgehead atoms. The molecule has 3 heterocycles. The van der Waals surface area contributed by atoms with Crippen LogP contribution in [-0.2, 0) is 0 Å². The topological polar surface area (TPSA) is 64.3 Å². The first kappa shape index (κ1) is 15.9. The fraction of sp³-hybridized carbons (Fsp3) is 0.588. The van der Waals surface area contributed by atoms with Crippen molar-refractivity contribution in [2.24, 2.45) is 0 Å². The number of rotatable bonds is 4. The molecule has 0 spiro atoms. The van der Waals surface area contributed by atoms with Gasteiger partial charge < -0.3 is 14.2 Å². The lowest BCUT2D eigenvalue weighted by Crippen LogP contribution is -2.38. The van der Waals surface area contributed by atoms with E-state index in [1.54, 1.807) is 13.3 Å². The molecule has 0 aromatic carbocycles. The van der Waals surface area contributed by atoms with E-state index >= 15 is 0 Å². The molecular formula is C17H24N4O2. The average molecular weight is 316 g/mol. The highest BCUT2D eigenvalue weighted by Gasteiger charge is 2.26. The quantitative estimate of drug-likeness (QED) is 0.864. The van der Waals surface area contributed by atoms with Gasteiger partial charge in [0.05, 0.1) is 7.11 Å². The van der Waals surface area contributed by atoms with Gasteiger partial charge >= 0.3 is 0 Å². The van der Waals surface area contributed by atoms with Crippen molar-refractivity contribution in [2.45, 2.75) is 45.6 Å². The van der Waals surface area contributed by atoms with Crippen LogP contribution in [0, 0.1) is 6.92 Å². The van der Waals surface area contributed by atoms with Crippen LogP contribution in [0.2, 0.25) is 0 Å². The maximum Gasteiger partial charge on any atom is 0.276 e. The molecule has 1 aliphatic heterocycles. The first-order chi connectivity index (χ1) is 11.1. The van der Waals surface area contributed by atoms with Gasteiger partial charge in [-0.3, -0.25) is 4.98 Å². The Balaban J connectivity index is 1.74. The third-order valence-corrected chi connectivity index (χ3v) is 4.56. The van der Waals surface area contributed by atoms with Crippen LogP contribution in [0.15, 0.2) is 16.8 Å². The lowest BCUT2D eigenvalue weighted by molar-refractivity contribution is 0.168. The van der Waals surface area contributed by atoms with E-state index in [4.69, 9.17) is 9.26 Å². The van der Waals surface area contributed by atoms with Gasteiger partial charge in [-0.25, -0.2) is 0 Å². The molecule has 23 heavy (non-hydrogen) atoms. The molecule has 0 N–H and O–H groups in total. The fourth-order valence-corrected chi connectivity index (χ4v) is 3.02. The van der Waals surface area contributed by atoms with Crippen LogP contribution < -0.4 is 4.74 Å². The maximum atomic E-state index is 5.42. The third-order valence-electron chi connectivity index (χ3n) is 4.56. The largest absolute Gasteiger partial charge is 0.496 e. The van der Waals surface area contributed by atoms with Crippen LogP contribution in [0.3, 0.4) is 0 Å².